The Kier molecular flexibility index (Phi) is 4.23. The monoisotopic (exact) mass is 397 g/mol. The van der Waals surface area contributed by atoms with Crippen LogP contribution in [0.25, 0.3) is 16.8 Å². The zero-order valence-electron chi connectivity index (χ0n) is 17.1. The summed E-state index contributed by atoms with van der Waals surface area (Å²) in [6.07, 6.45) is 3.99. The average molecular weight is 397 g/mol. The highest BCUT2D eigenvalue weighted by molar-refractivity contribution is 6.31. The Bertz CT molecular complexity index is 1270. The highest BCUT2D eigenvalue weighted by Crippen LogP contribution is 2.35. The maximum absolute atomic E-state index is 13.2. The maximum atomic E-state index is 13.2. The van der Waals surface area contributed by atoms with Gasteiger partial charge in [0.1, 0.15) is 13.6 Å². The first-order valence-electron chi connectivity index (χ1n) is 9.90. The number of aromatic nitrogens is 4. The minimum Gasteiger partial charge on any atom is -0.361 e. The van der Waals surface area contributed by atoms with E-state index >= 15 is 0 Å². The number of nitrogens with zero attached hydrogens (tertiary/aromatic N) is 5. The van der Waals surface area contributed by atoms with Gasteiger partial charge in [0.15, 0.2) is 11.3 Å². The molecule has 1 aliphatic heterocycles. The molecule has 3 aromatic heterocycles. The second-order valence-electron chi connectivity index (χ2n) is 7.76. The van der Waals surface area contributed by atoms with Gasteiger partial charge in [-0.15, -0.1) is 0 Å². The van der Waals surface area contributed by atoms with Gasteiger partial charge in [0, 0.05) is 30.6 Å². The molecule has 0 aliphatic carbocycles. The molecule has 8 heteroatoms. The SMILES string of the molecule is [B]c1cnc2cc(C(=O)N3CCc4cc(-c5c(C)noc5C)ccc4C3C)nn2c1. The topological polar surface area (TPSA) is 76.5 Å². The van der Waals surface area contributed by atoms with Crippen LogP contribution in [0.1, 0.15) is 46.0 Å². The summed E-state index contributed by atoms with van der Waals surface area (Å²) in [5.41, 5.74) is 6.89. The lowest BCUT2D eigenvalue weighted by molar-refractivity contribution is 0.0671. The molecule has 1 aliphatic rings. The minimum absolute atomic E-state index is 0.0530. The van der Waals surface area contributed by atoms with Gasteiger partial charge in [-0.05, 0) is 43.9 Å². The van der Waals surface area contributed by atoms with Crippen LogP contribution in [0.5, 0.6) is 0 Å². The van der Waals surface area contributed by atoms with Crippen LogP contribution in [0, 0.1) is 13.8 Å². The molecule has 0 N–H and O–H groups in total. The third kappa shape index (κ3) is 2.91. The zero-order valence-corrected chi connectivity index (χ0v) is 17.1. The molecule has 0 saturated carbocycles. The summed E-state index contributed by atoms with van der Waals surface area (Å²) in [6.45, 7) is 6.56. The molecular weight excluding hydrogens is 377 g/mol. The molecule has 1 amide bonds. The minimum atomic E-state index is -0.105. The van der Waals surface area contributed by atoms with Crippen molar-refractivity contribution in [1.29, 1.82) is 0 Å². The molecule has 0 fully saturated rings. The van der Waals surface area contributed by atoms with E-state index in [-0.39, 0.29) is 11.9 Å². The van der Waals surface area contributed by atoms with Crippen molar-refractivity contribution in [3.63, 3.8) is 0 Å². The molecule has 5 rings (SSSR count). The number of carbonyl (C=O) groups excluding carboxylic acids is 1. The summed E-state index contributed by atoms with van der Waals surface area (Å²) >= 11 is 0. The molecule has 1 aromatic carbocycles. The van der Waals surface area contributed by atoms with Gasteiger partial charge in [-0.2, -0.15) is 5.10 Å². The van der Waals surface area contributed by atoms with E-state index in [0.717, 1.165) is 34.6 Å². The van der Waals surface area contributed by atoms with Crippen molar-refractivity contribution in [1.82, 2.24) is 24.7 Å². The third-order valence-electron chi connectivity index (χ3n) is 5.82. The highest BCUT2D eigenvalue weighted by Gasteiger charge is 2.30. The van der Waals surface area contributed by atoms with Crippen LogP contribution in [0.15, 0.2) is 41.2 Å². The Morgan fingerprint density at radius 3 is 2.87 bits per heavy atom. The molecule has 1 atom stereocenters. The Morgan fingerprint density at radius 1 is 1.27 bits per heavy atom. The van der Waals surface area contributed by atoms with E-state index in [9.17, 15) is 4.79 Å². The number of rotatable bonds is 2. The summed E-state index contributed by atoms with van der Waals surface area (Å²) in [7, 11) is 5.76. The van der Waals surface area contributed by atoms with Gasteiger partial charge in [-0.25, -0.2) is 9.50 Å². The lowest BCUT2D eigenvalue weighted by Crippen LogP contribution is -2.39. The molecule has 4 heterocycles. The van der Waals surface area contributed by atoms with Crippen LogP contribution in [0.3, 0.4) is 0 Å². The fourth-order valence-corrected chi connectivity index (χ4v) is 4.30. The molecule has 4 aromatic rings. The number of amides is 1. The van der Waals surface area contributed by atoms with Crippen LogP contribution in [0.4, 0.5) is 0 Å². The smallest absolute Gasteiger partial charge is 0.274 e. The summed E-state index contributed by atoms with van der Waals surface area (Å²) in [5, 5.41) is 8.43. The van der Waals surface area contributed by atoms with Crippen molar-refractivity contribution in [2.75, 3.05) is 6.54 Å². The lowest BCUT2D eigenvalue weighted by Gasteiger charge is -2.35. The number of fused-ring (bicyclic) bond motifs is 2. The van der Waals surface area contributed by atoms with E-state index in [0.29, 0.717) is 23.3 Å². The van der Waals surface area contributed by atoms with E-state index in [1.54, 1.807) is 23.0 Å². The van der Waals surface area contributed by atoms with Crippen molar-refractivity contribution < 1.29 is 9.32 Å². The second kappa shape index (κ2) is 6.83. The van der Waals surface area contributed by atoms with E-state index in [1.807, 2.05) is 18.7 Å². The number of hydrogen-bond acceptors (Lipinski definition) is 5. The first kappa shape index (κ1) is 18.6. The number of aryl methyl sites for hydroxylation is 2. The van der Waals surface area contributed by atoms with Crippen LogP contribution in [-0.4, -0.2) is 45.0 Å². The van der Waals surface area contributed by atoms with Gasteiger partial charge in [-0.1, -0.05) is 28.8 Å². The lowest BCUT2D eigenvalue weighted by atomic mass is 9.90. The van der Waals surface area contributed by atoms with Crippen molar-refractivity contribution in [2.24, 2.45) is 0 Å². The maximum Gasteiger partial charge on any atom is 0.274 e. The van der Waals surface area contributed by atoms with Crippen LogP contribution < -0.4 is 5.46 Å². The quantitative estimate of drug-likeness (QED) is 0.486. The molecule has 30 heavy (non-hydrogen) atoms. The zero-order chi connectivity index (χ0) is 21.0. The predicted octanol–water partition coefficient (Wildman–Crippen LogP) is 2.55. The Balaban J connectivity index is 1.45. The molecule has 2 radical (unpaired) electrons. The van der Waals surface area contributed by atoms with Gasteiger partial charge in [-0.3, -0.25) is 4.79 Å². The molecule has 148 valence electrons. The summed E-state index contributed by atoms with van der Waals surface area (Å²) in [5.74, 6) is 0.709. The highest BCUT2D eigenvalue weighted by atomic mass is 16.5. The normalized spacial score (nSPS) is 16.1. The van der Waals surface area contributed by atoms with E-state index in [2.05, 4.69) is 40.4 Å². The van der Waals surface area contributed by atoms with Gasteiger partial charge in [0.25, 0.3) is 5.91 Å². The Morgan fingerprint density at radius 2 is 2.10 bits per heavy atom. The predicted molar refractivity (Wildman–Crippen MR) is 113 cm³/mol. The first-order valence-corrected chi connectivity index (χ1v) is 9.90. The second-order valence-corrected chi connectivity index (χ2v) is 7.76. The van der Waals surface area contributed by atoms with E-state index in [4.69, 9.17) is 12.4 Å². The van der Waals surface area contributed by atoms with Crippen molar-refractivity contribution in [2.45, 2.75) is 33.2 Å². The molecule has 7 nitrogen and oxygen atoms in total. The molecule has 0 bridgehead atoms. The fourth-order valence-electron chi connectivity index (χ4n) is 4.30. The van der Waals surface area contributed by atoms with Crippen LogP contribution in [0.2, 0.25) is 0 Å². The number of carbonyl (C=O) groups is 1. The Labute approximate surface area is 175 Å². The van der Waals surface area contributed by atoms with Crippen molar-refractivity contribution in [3.8, 4) is 11.1 Å². The summed E-state index contributed by atoms with van der Waals surface area (Å²) in [6, 6.07) is 8.02. The van der Waals surface area contributed by atoms with E-state index in [1.165, 1.54) is 5.56 Å². The molecular formula is C22H20BN5O2. The number of hydrogen-bond donors (Lipinski definition) is 0. The van der Waals surface area contributed by atoms with Crippen molar-refractivity contribution in [3.05, 3.63) is 64.9 Å². The van der Waals surface area contributed by atoms with Crippen LogP contribution >= 0.6 is 0 Å². The van der Waals surface area contributed by atoms with Gasteiger partial charge in [0.05, 0.1) is 11.7 Å². The molecule has 1 unspecified atom stereocenters. The molecule has 0 saturated heterocycles. The van der Waals surface area contributed by atoms with Gasteiger partial charge >= 0.3 is 0 Å². The fraction of sp³-hybridized carbons (Fsp3) is 0.273. The summed E-state index contributed by atoms with van der Waals surface area (Å²) < 4.78 is 6.86. The average Bonchev–Trinajstić information content (AvgIpc) is 3.30. The first-order chi connectivity index (χ1) is 14.4. The molecule has 0 spiro atoms. The Hall–Kier alpha value is -3.42. The third-order valence-corrected chi connectivity index (χ3v) is 5.82. The van der Waals surface area contributed by atoms with E-state index < -0.39 is 0 Å². The summed E-state index contributed by atoms with van der Waals surface area (Å²) in [4.78, 5) is 19.3. The van der Waals surface area contributed by atoms with Gasteiger partial charge in [0.2, 0.25) is 0 Å². The largest absolute Gasteiger partial charge is 0.361 e. The standard InChI is InChI=1S/C22H20BN5O2/c1-12-21(14(3)30-26-12)16-4-5-18-13(2)27(7-6-15(18)8-16)22(29)19-9-20-24-10-17(23)11-28(20)25-19/h4-5,8-11,13H,6-7H2,1-3H3. The number of benzene rings is 1. The van der Waals surface area contributed by atoms with Crippen LogP contribution in [-0.2, 0) is 6.42 Å². The van der Waals surface area contributed by atoms with Gasteiger partial charge < -0.3 is 9.42 Å². The van der Waals surface area contributed by atoms with Crippen molar-refractivity contribution >= 4 is 24.9 Å².